The average molecular weight is 509 g/mol. The number of nitrogens with one attached hydrogen (secondary N) is 2. The van der Waals surface area contributed by atoms with E-state index in [2.05, 4.69) is 15.5 Å². The summed E-state index contributed by atoms with van der Waals surface area (Å²) in [7, 11) is 6.33. The summed E-state index contributed by atoms with van der Waals surface area (Å²) < 4.78 is 21.3. The second-order valence-electron chi connectivity index (χ2n) is 8.64. The van der Waals surface area contributed by atoms with E-state index >= 15 is 0 Å². The lowest BCUT2D eigenvalue weighted by molar-refractivity contribution is -0.131. The summed E-state index contributed by atoms with van der Waals surface area (Å²) in [5, 5.41) is 10.2. The van der Waals surface area contributed by atoms with E-state index in [9.17, 15) is 9.59 Å². The third-order valence-electron chi connectivity index (χ3n) is 6.48. The zero-order valence-electron chi connectivity index (χ0n) is 21.6. The van der Waals surface area contributed by atoms with Crippen LogP contribution in [-0.4, -0.2) is 68.4 Å². The van der Waals surface area contributed by atoms with Gasteiger partial charge in [-0.1, -0.05) is 6.07 Å². The van der Waals surface area contributed by atoms with Crippen LogP contribution in [0.4, 0.5) is 0 Å². The van der Waals surface area contributed by atoms with Crippen molar-refractivity contribution in [2.75, 3.05) is 41.5 Å². The molecule has 0 atom stereocenters. The molecule has 1 aliphatic rings. The van der Waals surface area contributed by atoms with Crippen LogP contribution in [0.5, 0.6) is 23.0 Å². The number of carbonyl (C=O) groups excluding carboxylic acids is 2. The third kappa shape index (κ3) is 5.79. The van der Waals surface area contributed by atoms with E-state index in [1.54, 1.807) is 51.5 Å². The quantitative estimate of drug-likeness (QED) is 0.433. The fourth-order valence-corrected chi connectivity index (χ4v) is 4.43. The van der Waals surface area contributed by atoms with E-state index in [-0.39, 0.29) is 18.2 Å². The van der Waals surface area contributed by atoms with Crippen LogP contribution in [0, 0.1) is 0 Å². The lowest BCUT2D eigenvalue weighted by Gasteiger charge is -2.27. The van der Waals surface area contributed by atoms with Crippen LogP contribution in [0.2, 0.25) is 0 Å². The van der Waals surface area contributed by atoms with Crippen LogP contribution in [-0.2, 0) is 30.6 Å². The summed E-state index contributed by atoms with van der Waals surface area (Å²) >= 11 is 0. The molecule has 2 aromatic carbocycles. The smallest absolute Gasteiger partial charge is 0.272 e. The van der Waals surface area contributed by atoms with Crippen molar-refractivity contribution < 1.29 is 28.5 Å². The van der Waals surface area contributed by atoms with Gasteiger partial charge in [0.2, 0.25) is 5.91 Å². The summed E-state index contributed by atoms with van der Waals surface area (Å²) in [6, 6.07) is 11.1. The number of hydrogen-bond acceptors (Lipinski definition) is 7. The minimum atomic E-state index is -0.276. The number of benzene rings is 2. The van der Waals surface area contributed by atoms with Crippen LogP contribution in [0.1, 0.15) is 32.9 Å². The molecular weight excluding hydrogens is 476 g/mol. The standard InChI is InChI=1S/C27H32N4O6/c1-34-19-6-8-22(35-2)18(14-19)15-25(32)31-12-10-21-20(16-31)26(30-29-21)27(33)28-11-9-17-5-7-23(36-3)24(13-17)37-4/h5-8,13-14H,9-12,15-16H2,1-4H3,(H,28,33)(H,29,30). The summed E-state index contributed by atoms with van der Waals surface area (Å²) in [5.41, 5.74) is 3.71. The largest absolute Gasteiger partial charge is 0.497 e. The van der Waals surface area contributed by atoms with E-state index in [4.69, 9.17) is 18.9 Å². The van der Waals surface area contributed by atoms with Gasteiger partial charge in [0.05, 0.1) is 34.9 Å². The Kier molecular flexibility index (Phi) is 8.17. The van der Waals surface area contributed by atoms with Gasteiger partial charge in [-0.05, 0) is 42.3 Å². The molecule has 0 saturated carbocycles. The molecule has 0 saturated heterocycles. The summed E-state index contributed by atoms with van der Waals surface area (Å²) in [5.74, 6) is 2.25. The van der Waals surface area contributed by atoms with Gasteiger partial charge in [-0.15, -0.1) is 0 Å². The monoisotopic (exact) mass is 508 g/mol. The molecule has 0 fully saturated rings. The number of carbonyl (C=O) groups is 2. The van der Waals surface area contributed by atoms with Crippen molar-refractivity contribution in [3.8, 4) is 23.0 Å². The van der Waals surface area contributed by atoms with Gasteiger partial charge in [0, 0.05) is 42.9 Å². The minimum Gasteiger partial charge on any atom is -0.497 e. The van der Waals surface area contributed by atoms with Crippen molar-refractivity contribution in [2.45, 2.75) is 25.8 Å². The number of rotatable bonds is 10. The second-order valence-corrected chi connectivity index (χ2v) is 8.64. The SMILES string of the molecule is COc1ccc(OC)c(CC(=O)N2CCc3[nH]nc(C(=O)NCCc4ccc(OC)c(OC)c4)c3C2)c1. The Morgan fingerprint density at radius 2 is 1.73 bits per heavy atom. The van der Waals surface area contributed by atoms with Gasteiger partial charge in [-0.3, -0.25) is 14.7 Å². The van der Waals surface area contributed by atoms with Gasteiger partial charge in [-0.25, -0.2) is 0 Å². The number of fused-ring (bicyclic) bond motifs is 1. The first kappa shape index (κ1) is 25.9. The highest BCUT2D eigenvalue weighted by Crippen LogP contribution is 2.28. The molecule has 2 amide bonds. The fourth-order valence-electron chi connectivity index (χ4n) is 4.43. The first-order valence-electron chi connectivity index (χ1n) is 12.0. The lowest BCUT2D eigenvalue weighted by atomic mass is 10.0. The number of methoxy groups -OCH3 is 4. The lowest BCUT2D eigenvalue weighted by Crippen LogP contribution is -2.38. The Morgan fingerprint density at radius 3 is 2.46 bits per heavy atom. The maximum Gasteiger partial charge on any atom is 0.272 e. The van der Waals surface area contributed by atoms with Crippen LogP contribution in [0.15, 0.2) is 36.4 Å². The Bertz CT molecular complexity index is 1270. The first-order valence-corrected chi connectivity index (χ1v) is 12.0. The van der Waals surface area contributed by atoms with E-state index < -0.39 is 0 Å². The molecule has 0 radical (unpaired) electrons. The maximum absolute atomic E-state index is 13.2. The number of aromatic amines is 1. The fraction of sp³-hybridized carbons (Fsp3) is 0.370. The molecule has 10 heteroatoms. The van der Waals surface area contributed by atoms with E-state index in [1.165, 1.54) is 0 Å². The number of nitrogens with zero attached hydrogens (tertiary/aromatic N) is 2. The molecule has 10 nitrogen and oxygen atoms in total. The van der Waals surface area contributed by atoms with Crippen LogP contribution < -0.4 is 24.3 Å². The number of amides is 2. The summed E-state index contributed by atoms with van der Waals surface area (Å²) in [4.78, 5) is 27.8. The molecule has 0 aliphatic carbocycles. The Morgan fingerprint density at radius 1 is 0.973 bits per heavy atom. The van der Waals surface area contributed by atoms with Crippen molar-refractivity contribution in [1.29, 1.82) is 0 Å². The van der Waals surface area contributed by atoms with Gasteiger partial charge in [-0.2, -0.15) is 5.10 Å². The summed E-state index contributed by atoms with van der Waals surface area (Å²) in [6.45, 7) is 1.28. The molecule has 3 aromatic rings. The number of H-pyrrole nitrogens is 1. The van der Waals surface area contributed by atoms with Crippen molar-refractivity contribution in [2.24, 2.45) is 0 Å². The average Bonchev–Trinajstić information content (AvgIpc) is 3.36. The second kappa shape index (κ2) is 11.7. The molecule has 37 heavy (non-hydrogen) atoms. The Balaban J connectivity index is 1.38. The first-order chi connectivity index (χ1) is 18.0. The molecule has 0 unspecified atom stereocenters. The third-order valence-corrected chi connectivity index (χ3v) is 6.48. The van der Waals surface area contributed by atoms with Gasteiger partial charge in [0.15, 0.2) is 17.2 Å². The predicted molar refractivity (Wildman–Crippen MR) is 137 cm³/mol. The predicted octanol–water partition coefficient (Wildman–Crippen LogP) is 2.54. The van der Waals surface area contributed by atoms with Crippen molar-refractivity contribution in [3.63, 3.8) is 0 Å². The zero-order valence-corrected chi connectivity index (χ0v) is 21.6. The van der Waals surface area contributed by atoms with E-state index in [0.29, 0.717) is 61.2 Å². The molecule has 0 bridgehead atoms. The molecule has 4 rings (SSSR count). The van der Waals surface area contributed by atoms with Crippen LogP contribution in [0.3, 0.4) is 0 Å². The van der Waals surface area contributed by atoms with Crippen molar-refractivity contribution >= 4 is 11.8 Å². The molecule has 1 aromatic heterocycles. The highest BCUT2D eigenvalue weighted by molar-refractivity contribution is 5.94. The summed E-state index contributed by atoms with van der Waals surface area (Å²) in [6.07, 6.45) is 1.38. The molecule has 2 heterocycles. The highest BCUT2D eigenvalue weighted by Gasteiger charge is 2.28. The molecular formula is C27H32N4O6. The van der Waals surface area contributed by atoms with Gasteiger partial charge in [0.25, 0.3) is 5.91 Å². The topological polar surface area (TPSA) is 115 Å². The van der Waals surface area contributed by atoms with E-state index in [0.717, 1.165) is 22.4 Å². The highest BCUT2D eigenvalue weighted by atomic mass is 16.5. The molecule has 2 N–H and O–H groups in total. The number of ether oxygens (including phenoxy) is 4. The van der Waals surface area contributed by atoms with Gasteiger partial charge >= 0.3 is 0 Å². The van der Waals surface area contributed by atoms with Crippen LogP contribution >= 0.6 is 0 Å². The minimum absolute atomic E-state index is 0.0572. The number of aromatic nitrogens is 2. The van der Waals surface area contributed by atoms with Crippen LogP contribution in [0.25, 0.3) is 0 Å². The molecule has 196 valence electrons. The molecule has 0 spiro atoms. The van der Waals surface area contributed by atoms with Crippen molar-refractivity contribution in [1.82, 2.24) is 20.4 Å². The Hall–Kier alpha value is -4.21. The molecule has 1 aliphatic heterocycles. The maximum atomic E-state index is 13.2. The van der Waals surface area contributed by atoms with Gasteiger partial charge < -0.3 is 29.2 Å². The normalized spacial score (nSPS) is 12.5. The van der Waals surface area contributed by atoms with E-state index in [1.807, 2.05) is 18.2 Å². The number of hydrogen-bond donors (Lipinski definition) is 2. The van der Waals surface area contributed by atoms with Gasteiger partial charge in [0.1, 0.15) is 11.5 Å². The van der Waals surface area contributed by atoms with Crippen molar-refractivity contribution in [3.05, 3.63) is 64.5 Å². The Labute approximate surface area is 215 Å². The zero-order chi connectivity index (χ0) is 26.4.